The second-order valence-corrected chi connectivity index (χ2v) is 4.01. The third-order valence-electron chi connectivity index (χ3n) is 1.89. The predicted octanol–water partition coefficient (Wildman–Crippen LogP) is 2.59. The SMILES string of the molecule is C#CC(NCC)c1ccc(CC)s1. The van der Waals surface area contributed by atoms with Crippen LogP contribution < -0.4 is 5.32 Å². The maximum Gasteiger partial charge on any atom is 0.104 e. The van der Waals surface area contributed by atoms with Crippen molar-refractivity contribution in [1.82, 2.24) is 5.32 Å². The molecule has 0 aromatic carbocycles. The van der Waals surface area contributed by atoms with Crippen molar-refractivity contribution in [2.45, 2.75) is 26.3 Å². The molecule has 70 valence electrons. The van der Waals surface area contributed by atoms with Gasteiger partial charge in [-0.15, -0.1) is 17.8 Å². The Morgan fingerprint density at radius 2 is 2.31 bits per heavy atom. The molecule has 1 aromatic heterocycles. The third-order valence-corrected chi connectivity index (χ3v) is 3.18. The fraction of sp³-hybridized carbons (Fsp3) is 0.455. The van der Waals surface area contributed by atoms with Crippen LogP contribution in [0.3, 0.4) is 0 Å². The number of hydrogen-bond donors (Lipinski definition) is 1. The van der Waals surface area contributed by atoms with E-state index >= 15 is 0 Å². The highest BCUT2D eigenvalue weighted by atomic mass is 32.1. The topological polar surface area (TPSA) is 12.0 Å². The molecule has 0 bridgehead atoms. The van der Waals surface area contributed by atoms with Gasteiger partial charge in [-0.3, -0.25) is 5.32 Å². The van der Waals surface area contributed by atoms with Crippen molar-refractivity contribution in [3.63, 3.8) is 0 Å². The zero-order valence-electron chi connectivity index (χ0n) is 8.13. The molecule has 1 N–H and O–H groups in total. The summed E-state index contributed by atoms with van der Waals surface area (Å²) in [5.74, 6) is 2.76. The highest BCUT2D eigenvalue weighted by Gasteiger charge is 2.08. The molecule has 0 saturated carbocycles. The number of hydrogen-bond acceptors (Lipinski definition) is 2. The first kappa shape index (κ1) is 10.3. The fourth-order valence-electron chi connectivity index (χ4n) is 1.19. The van der Waals surface area contributed by atoms with Crippen LogP contribution in [-0.4, -0.2) is 6.54 Å². The van der Waals surface area contributed by atoms with Gasteiger partial charge >= 0.3 is 0 Å². The number of aryl methyl sites for hydroxylation is 1. The summed E-state index contributed by atoms with van der Waals surface area (Å²) in [6, 6.07) is 4.37. The average Bonchev–Trinajstić information content (AvgIpc) is 2.62. The van der Waals surface area contributed by atoms with E-state index in [0.717, 1.165) is 13.0 Å². The number of thiophene rings is 1. The van der Waals surface area contributed by atoms with Gasteiger partial charge in [0.05, 0.1) is 0 Å². The summed E-state index contributed by atoms with van der Waals surface area (Å²) in [5.41, 5.74) is 0. The molecule has 0 radical (unpaired) electrons. The van der Waals surface area contributed by atoms with Crippen molar-refractivity contribution < 1.29 is 0 Å². The van der Waals surface area contributed by atoms with Gasteiger partial charge in [-0.1, -0.05) is 19.8 Å². The van der Waals surface area contributed by atoms with E-state index in [2.05, 4.69) is 37.2 Å². The summed E-state index contributed by atoms with van der Waals surface area (Å²) in [6.07, 6.45) is 6.53. The molecule has 0 aliphatic rings. The standard InChI is InChI=1S/C11H15NS/c1-4-9-7-8-11(13-9)10(5-2)12-6-3/h2,7-8,10,12H,4,6H2,1,3H3. The average molecular weight is 193 g/mol. The zero-order valence-corrected chi connectivity index (χ0v) is 8.95. The zero-order chi connectivity index (χ0) is 9.68. The van der Waals surface area contributed by atoms with Crippen LogP contribution in [0, 0.1) is 12.3 Å². The lowest BCUT2D eigenvalue weighted by atomic mass is 10.2. The van der Waals surface area contributed by atoms with E-state index < -0.39 is 0 Å². The molecule has 0 aliphatic carbocycles. The maximum atomic E-state index is 5.44. The van der Waals surface area contributed by atoms with E-state index in [1.165, 1.54) is 9.75 Å². The van der Waals surface area contributed by atoms with Gasteiger partial charge in [0.15, 0.2) is 0 Å². The van der Waals surface area contributed by atoms with Crippen molar-refractivity contribution in [3.05, 3.63) is 21.9 Å². The summed E-state index contributed by atoms with van der Waals surface area (Å²) < 4.78 is 0. The van der Waals surface area contributed by atoms with E-state index in [4.69, 9.17) is 6.42 Å². The van der Waals surface area contributed by atoms with Crippen LogP contribution in [0.15, 0.2) is 12.1 Å². The molecule has 1 aromatic rings. The molecule has 0 spiro atoms. The summed E-state index contributed by atoms with van der Waals surface area (Å²) in [4.78, 5) is 2.65. The summed E-state index contributed by atoms with van der Waals surface area (Å²) in [5, 5.41) is 3.26. The lowest BCUT2D eigenvalue weighted by Crippen LogP contribution is -2.17. The minimum absolute atomic E-state index is 0.0929. The predicted molar refractivity (Wildman–Crippen MR) is 58.9 cm³/mol. The van der Waals surface area contributed by atoms with Gasteiger partial charge < -0.3 is 0 Å². The van der Waals surface area contributed by atoms with Crippen molar-refractivity contribution in [2.24, 2.45) is 0 Å². The first-order valence-corrected chi connectivity index (χ1v) is 5.41. The van der Waals surface area contributed by atoms with E-state index in [0.29, 0.717) is 0 Å². The quantitative estimate of drug-likeness (QED) is 0.725. The smallest absolute Gasteiger partial charge is 0.104 e. The van der Waals surface area contributed by atoms with E-state index in [1.54, 1.807) is 11.3 Å². The fourth-order valence-corrected chi connectivity index (χ4v) is 2.17. The van der Waals surface area contributed by atoms with E-state index in [9.17, 15) is 0 Å². The Balaban J connectivity index is 2.74. The van der Waals surface area contributed by atoms with Gasteiger partial charge in [0, 0.05) is 9.75 Å². The molecule has 0 saturated heterocycles. The van der Waals surface area contributed by atoms with Crippen LogP contribution in [0.25, 0.3) is 0 Å². The molecule has 0 aliphatic heterocycles. The normalized spacial score (nSPS) is 12.4. The number of rotatable bonds is 4. The lowest BCUT2D eigenvalue weighted by Gasteiger charge is -2.07. The molecule has 1 nitrogen and oxygen atoms in total. The third kappa shape index (κ3) is 2.58. The Morgan fingerprint density at radius 3 is 2.77 bits per heavy atom. The van der Waals surface area contributed by atoms with Gasteiger partial charge in [0.25, 0.3) is 0 Å². The van der Waals surface area contributed by atoms with Gasteiger partial charge in [0.1, 0.15) is 6.04 Å². The molecule has 0 fully saturated rings. The highest BCUT2D eigenvalue weighted by molar-refractivity contribution is 7.12. The van der Waals surface area contributed by atoms with Crippen LogP contribution in [0.5, 0.6) is 0 Å². The van der Waals surface area contributed by atoms with Crippen LogP contribution >= 0.6 is 11.3 Å². The summed E-state index contributed by atoms with van der Waals surface area (Å²) in [7, 11) is 0. The molecule has 1 rings (SSSR count). The van der Waals surface area contributed by atoms with Crippen molar-refractivity contribution in [2.75, 3.05) is 6.54 Å². The van der Waals surface area contributed by atoms with Crippen molar-refractivity contribution >= 4 is 11.3 Å². The molecule has 13 heavy (non-hydrogen) atoms. The number of nitrogens with one attached hydrogen (secondary N) is 1. The Morgan fingerprint density at radius 1 is 1.54 bits per heavy atom. The number of terminal acetylenes is 1. The van der Waals surface area contributed by atoms with Crippen LogP contribution in [0.1, 0.15) is 29.6 Å². The lowest BCUT2D eigenvalue weighted by molar-refractivity contribution is 0.674. The first-order chi connectivity index (χ1) is 6.31. The second-order valence-electron chi connectivity index (χ2n) is 2.81. The maximum absolute atomic E-state index is 5.44. The van der Waals surface area contributed by atoms with Gasteiger partial charge in [-0.25, -0.2) is 0 Å². The molecule has 0 amide bonds. The molecule has 2 heteroatoms. The highest BCUT2D eigenvalue weighted by Crippen LogP contribution is 2.23. The Kier molecular flexibility index (Phi) is 4.01. The van der Waals surface area contributed by atoms with Gasteiger partial charge in [-0.2, -0.15) is 0 Å². The first-order valence-electron chi connectivity index (χ1n) is 4.59. The van der Waals surface area contributed by atoms with Crippen LogP contribution in [0.4, 0.5) is 0 Å². The Bertz CT molecular complexity index is 295. The minimum Gasteiger partial charge on any atom is -0.300 e. The summed E-state index contributed by atoms with van der Waals surface area (Å²) >= 11 is 1.80. The Labute approximate surface area is 84.2 Å². The summed E-state index contributed by atoms with van der Waals surface area (Å²) in [6.45, 7) is 5.14. The second kappa shape index (κ2) is 5.06. The molecular weight excluding hydrogens is 178 g/mol. The molecule has 1 atom stereocenters. The van der Waals surface area contributed by atoms with Gasteiger partial charge in [0.2, 0.25) is 0 Å². The van der Waals surface area contributed by atoms with E-state index in [1.807, 2.05) is 0 Å². The molecule has 1 unspecified atom stereocenters. The monoisotopic (exact) mass is 193 g/mol. The Hall–Kier alpha value is -0.780. The molecule has 1 heterocycles. The van der Waals surface area contributed by atoms with Gasteiger partial charge in [-0.05, 0) is 25.1 Å². The largest absolute Gasteiger partial charge is 0.300 e. The van der Waals surface area contributed by atoms with Crippen LogP contribution in [-0.2, 0) is 6.42 Å². The molecular formula is C11H15NS. The van der Waals surface area contributed by atoms with E-state index in [-0.39, 0.29) is 6.04 Å². The van der Waals surface area contributed by atoms with Crippen molar-refractivity contribution in [1.29, 1.82) is 0 Å². The minimum atomic E-state index is 0.0929. The van der Waals surface area contributed by atoms with Crippen molar-refractivity contribution in [3.8, 4) is 12.3 Å². The van der Waals surface area contributed by atoms with Crippen LogP contribution in [0.2, 0.25) is 0 Å².